The minimum atomic E-state index is 0.167. The van der Waals surface area contributed by atoms with Crippen LogP contribution in [0, 0.1) is 5.41 Å². The van der Waals surface area contributed by atoms with Crippen molar-refractivity contribution in [3.8, 4) is 0 Å². The molecule has 2 saturated heterocycles. The lowest BCUT2D eigenvalue weighted by Crippen LogP contribution is -2.49. The van der Waals surface area contributed by atoms with Crippen molar-refractivity contribution in [2.45, 2.75) is 58.1 Å². The van der Waals surface area contributed by atoms with Crippen LogP contribution in [0.5, 0.6) is 0 Å². The zero-order valence-electron chi connectivity index (χ0n) is 14.4. The van der Waals surface area contributed by atoms with Gasteiger partial charge in [0.25, 0.3) is 0 Å². The Labute approximate surface area is 130 Å². The van der Waals surface area contributed by atoms with E-state index in [1.54, 1.807) is 0 Å². The second-order valence-electron chi connectivity index (χ2n) is 8.09. The van der Waals surface area contributed by atoms with Crippen molar-refractivity contribution in [3.63, 3.8) is 0 Å². The van der Waals surface area contributed by atoms with E-state index in [9.17, 15) is 0 Å². The number of hydrogen-bond acceptors (Lipinski definition) is 4. The molecule has 0 aromatic heterocycles. The van der Waals surface area contributed by atoms with Gasteiger partial charge in [0.05, 0.1) is 12.7 Å². The molecular formula is C17H34N2O2. The lowest BCUT2D eigenvalue weighted by molar-refractivity contribution is -0.00891. The minimum Gasteiger partial charge on any atom is -0.381 e. The number of rotatable bonds is 6. The average molecular weight is 298 g/mol. The Morgan fingerprint density at radius 2 is 2.05 bits per heavy atom. The summed E-state index contributed by atoms with van der Waals surface area (Å²) in [5, 5.41) is 3.68. The van der Waals surface area contributed by atoms with Gasteiger partial charge in [-0.3, -0.25) is 0 Å². The van der Waals surface area contributed by atoms with Crippen molar-refractivity contribution in [1.82, 2.24) is 10.2 Å². The summed E-state index contributed by atoms with van der Waals surface area (Å²) in [6.07, 6.45) is 5.35. The number of hydrogen-bond donors (Lipinski definition) is 1. The normalized spacial score (nSPS) is 31.0. The van der Waals surface area contributed by atoms with Gasteiger partial charge >= 0.3 is 0 Å². The van der Waals surface area contributed by atoms with Crippen LogP contribution >= 0.6 is 0 Å². The van der Waals surface area contributed by atoms with E-state index < -0.39 is 0 Å². The smallest absolute Gasteiger partial charge is 0.0701 e. The Kier molecular flexibility index (Phi) is 6.06. The van der Waals surface area contributed by atoms with Crippen LogP contribution in [0.4, 0.5) is 0 Å². The van der Waals surface area contributed by atoms with E-state index in [2.05, 4.69) is 38.0 Å². The van der Waals surface area contributed by atoms with Gasteiger partial charge in [0, 0.05) is 43.8 Å². The van der Waals surface area contributed by atoms with Gasteiger partial charge in [-0.1, -0.05) is 0 Å². The highest BCUT2D eigenvalue weighted by atomic mass is 16.5. The van der Waals surface area contributed by atoms with Gasteiger partial charge < -0.3 is 19.7 Å². The summed E-state index contributed by atoms with van der Waals surface area (Å²) in [4.78, 5) is 2.45. The first-order valence-corrected chi connectivity index (χ1v) is 8.52. The molecule has 124 valence electrons. The first-order chi connectivity index (χ1) is 9.89. The van der Waals surface area contributed by atoms with Crippen LogP contribution in [0.1, 0.15) is 46.5 Å². The molecule has 0 radical (unpaired) electrons. The zero-order chi connectivity index (χ0) is 15.3. The highest BCUT2D eigenvalue weighted by Crippen LogP contribution is 2.30. The lowest BCUT2D eigenvalue weighted by atomic mass is 9.85. The number of likely N-dealkylation sites (N-methyl/N-ethyl adjacent to an activating group) is 1. The standard InChI is InChI=1S/C17H34N2O2/c1-16(2,3)18-12-17(8-10-20-14-17)13-19(4)11-15-7-5-6-9-21-15/h15,18H,5-14H2,1-4H3. The molecular weight excluding hydrogens is 264 g/mol. The monoisotopic (exact) mass is 298 g/mol. The van der Waals surface area contributed by atoms with Gasteiger partial charge in [0.15, 0.2) is 0 Å². The molecule has 2 aliphatic rings. The Hall–Kier alpha value is -0.160. The summed E-state index contributed by atoms with van der Waals surface area (Å²) in [6, 6.07) is 0. The van der Waals surface area contributed by atoms with E-state index in [0.29, 0.717) is 6.10 Å². The van der Waals surface area contributed by atoms with E-state index in [-0.39, 0.29) is 11.0 Å². The second kappa shape index (κ2) is 7.40. The molecule has 21 heavy (non-hydrogen) atoms. The van der Waals surface area contributed by atoms with Crippen molar-refractivity contribution in [3.05, 3.63) is 0 Å². The van der Waals surface area contributed by atoms with E-state index in [4.69, 9.17) is 9.47 Å². The quantitative estimate of drug-likeness (QED) is 0.816. The molecule has 0 spiro atoms. The summed E-state index contributed by atoms with van der Waals surface area (Å²) in [6.45, 7) is 12.6. The highest BCUT2D eigenvalue weighted by Gasteiger charge is 2.37. The van der Waals surface area contributed by atoms with Crippen molar-refractivity contribution in [2.24, 2.45) is 5.41 Å². The molecule has 0 amide bonds. The van der Waals surface area contributed by atoms with Crippen LogP contribution in [-0.2, 0) is 9.47 Å². The summed E-state index contributed by atoms with van der Waals surface area (Å²) in [5.74, 6) is 0. The first kappa shape index (κ1) is 17.2. The highest BCUT2D eigenvalue weighted by molar-refractivity contribution is 4.90. The van der Waals surface area contributed by atoms with Gasteiger partial charge in [0.1, 0.15) is 0 Å². The molecule has 4 nitrogen and oxygen atoms in total. The zero-order valence-corrected chi connectivity index (χ0v) is 14.4. The summed E-state index contributed by atoms with van der Waals surface area (Å²) in [5.41, 5.74) is 0.428. The van der Waals surface area contributed by atoms with E-state index in [0.717, 1.165) is 45.9 Å². The number of nitrogens with zero attached hydrogens (tertiary/aromatic N) is 1. The van der Waals surface area contributed by atoms with Gasteiger partial charge in [-0.2, -0.15) is 0 Å². The Bertz CT molecular complexity index is 302. The second-order valence-corrected chi connectivity index (χ2v) is 8.09. The molecule has 2 rings (SSSR count). The van der Waals surface area contributed by atoms with E-state index in [1.807, 2.05) is 0 Å². The van der Waals surface area contributed by atoms with Crippen molar-refractivity contribution in [1.29, 1.82) is 0 Å². The molecule has 0 bridgehead atoms. The maximum absolute atomic E-state index is 5.87. The van der Waals surface area contributed by atoms with Gasteiger partial charge in [-0.15, -0.1) is 0 Å². The van der Waals surface area contributed by atoms with Crippen LogP contribution in [0.3, 0.4) is 0 Å². The Morgan fingerprint density at radius 1 is 1.24 bits per heavy atom. The van der Waals surface area contributed by atoms with Gasteiger partial charge in [0.2, 0.25) is 0 Å². The third kappa shape index (κ3) is 5.85. The van der Waals surface area contributed by atoms with Crippen LogP contribution in [-0.4, -0.2) is 63.0 Å². The fraction of sp³-hybridized carbons (Fsp3) is 1.00. The van der Waals surface area contributed by atoms with Gasteiger partial charge in [-0.05, 0) is 53.5 Å². The minimum absolute atomic E-state index is 0.167. The molecule has 0 saturated carbocycles. The average Bonchev–Trinajstić information content (AvgIpc) is 2.86. The molecule has 0 aromatic carbocycles. The van der Waals surface area contributed by atoms with Gasteiger partial charge in [-0.25, -0.2) is 0 Å². The van der Waals surface area contributed by atoms with Crippen LogP contribution in [0.15, 0.2) is 0 Å². The fourth-order valence-corrected chi connectivity index (χ4v) is 3.36. The van der Waals surface area contributed by atoms with Crippen molar-refractivity contribution < 1.29 is 9.47 Å². The lowest BCUT2D eigenvalue weighted by Gasteiger charge is -2.37. The van der Waals surface area contributed by atoms with Crippen LogP contribution in [0.25, 0.3) is 0 Å². The maximum Gasteiger partial charge on any atom is 0.0701 e. The van der Waals surface area contributed by atoms with E-state index in [1.165, 1.54) is 19.3 Å². The molecule has 0 aliphatic carbocycles. The predicted octanol–water partition coefficient (Wildman–Crippen LogP) is 2.28. The van der Waals surface area contributed by atoms with E-state index >= 15 is 0 Å². The Balaban J connectivity index is 1.83. The molecule has 2 fully saturated rings. The fourth-order valence-electron chi connectivity index (χ4n) is 3.36. The molecule has 0 aromatic rings. The largest absolute Gasteiger partial charge is 0.381 e. The number of nitrogens with one attached hydrogen (secondary N) is 1. The Morgan fingerprint density at radius 3 is 2.62 bits per heavy atom. The molecule has 1 N–H and O–H groups in total. The summed E-state index contributed by atoms with van der Waals surface area (Å²) in [7, 11) is 2.23. The topological polar surface area (TPSA) is 33.7 Å². The molecule has 2 atom stereocenters. The molecule has 2 unspecified atom stereocenters. The van der Waals surface area contributed by atoms with Crippen LogP contribution in [0.2, 0.25) is 0 Å². The summed E-state index contributed by atoms with van der Waals surface area (Å²) >= 11 is 0. The maximum atomic E-state index is 5.87. The molecule has 2 aliphatic heterocycles. The summed E-state index contributed by atoms with van der Waals surface area (Å²) < 4.78 is 11.6. The van der Waals surface area contributed by atoms with Crippen molar-refractivity contribution in [2.75, 3.05) is 46.5 Å². The molecule has 2 heterocycles. The molecule has 4 heteroatoms. The SMILES string of the molecule is CN(CC1CCCCO1)CC1(CNC(C)(C)C)CCOC1. The first-order valence-electron chi connectivity index (χ1n) is 8.52. The van der Waals surface area contributed by atoms with Crippen LogP contribution < -0.4 is 5.32 Å². The third-order valence-corrected chi connectivity index (χ3v) is 4.57. The van der Waals surface area contributed by atoms with Crippen molar-refractivity contribution >= 4 is 0 Å². The number of ether oxygens (including phenoxy) is 2. The third-order valence-electron chi connectivity index (χ3n) is 4.57. The predicted molar refractivity (Wildman–Crippen MR) is 86.7 cm³/mol.